The molecule has 1 aliphatic rings. The van der Waals surface area contributed by atoms with Crippen molar-refractivity contribution in [2.45, 2.75) is 44.1 Å². The second-order valence-corrected chi connectivity index (χ2v) is 11.0. The van der Waals surface area contributed by atoms with Gasteiger partial charge >= 0.3 is 5.97 Å². The predicted molar refractivity (Wildman–Crippen MR) is 62.7 cm³/mol. The molecule has 14 heavy (non-hydrogen) atoms. The zero-order valence-electron chi connectivity index (χ0n) is 9.04. The molecule has 0 aliphatic heterocycles. The minimum atomic E-state index is -1.04. The lowest BCUT2D eigenvalue weighted by Gasteiger charge is -2.43. The lowest BCUT2D eigenvalue weighted by Crippen LogP contribution is -2.58. The van der Waals surface area contributed by atoms with Gasteiger partial charge in [-0.15, -0.1) is 12.4 Å². The molecule has 0 saturated heterocycles. The van der Waals surface area contributed by atoms with Crippen molar-refractivity contribution in [1.82, 2.24) is 0 Å². The summed E-state index contributed by atoms with van der Waals surface area (Å²) in [6.07, 6.45) is 1.35. The highest BCUT2D eigenvalue weighted by molar-refractivity contribution is 6.76. The molecule has 0 amide bonds. The standard InChI is InChI=1S/C9H19NO2Si.ClH/c1-13(2,3)6-7-4-9(10,5-7)8(11)12;/h7H,4-6,10H2,1-3H3,(H,11,12);1H. The lowest BCUT2D eigenvalue weighted by atomic mass is 9.70. The van der Waals surface area contributed by atoms with E-state index >= 15 is 0 Å². The number of halogens is 1. The van der Waals surface area contributed by atoms with Gasteiger partial charge in [-0.1, -0.05) is 25.7 Å². The Morgan fingerprint density at radius 1 is 1.50 bits per heavy atom. The van der Waals surface area contributed by atoms with Crippen molar-refractivity contribution in [3.8, 4) is 0 Å². The number of carbonyl (C=O) groups is 1. The summed E-state index contributed by atoms with van der Waals surface area (Å²) in [6, 6.07) is 1.21. The zero-order valence-corrected chi connectivity index (χ0v) is 10.9. The molecule has 1 aliphatic carbocycles. The topological polar surface area (TPSA) is 63.3 Å². The van der Waals surface area contributed by atoms with Crippen LogP contribution in [0.2, 0.25) is 25.7 Å². The molecule has 84 valence electrons. The van der Waals surface area contributed by atoms with Gasteiger partial charge in [-0.3, -0.25) is 4.79 Å². The summed E-state index contributed by atoms with van der Waals surface area (Å²) in [6.45, 7) is 6.93. The van der Waals surface area contributed by atoms with E-state index in [9.17, 15) is 4.79 Å². The quantitative estimate of drug-likeness (QED) is 0.738. The smallest absolute Gasteiger partial charge is 0.323 e. The van der Waals surface area contributed by atoms with E-state index in [1.54, 1.807) is 0 Å². The van der Waals surface area contributed by atoms with Crippen molar-refractivity contribution < 1.29 is 9.90 Å². The van der Waals surface area contributed by atoms with Crippen LogP contribution in [-0.4, -0.2) is 24.7 Å². The van der Waals surface area contributed by atoms with Crippen LogP contribution in [0.5, 0.6) is 0 Å². The normalized spacial score (nSPS) is 31.6. The van der Waals surface area contributed by atoms with Crippen molar-refractivity contribution in [3.05, 3.63) is 0 Å². The molecule has 0 radical (unpaired) electrons. The highest BCUT2D eigenvalue weighted by atomic mass is 35.5. The average molecular weight is 238 g/mol. The summed E-state index contributed by atoms with van der Waals surface area (Å²) in [4.78, 5) is 10.7. The van der Waals surface area contributed by atoms with Crippen LogP contribution in [0.15, 0.2) is 0 Å². The molecular weight excluding hydrogens is 218 g/mol. The third-order valence-corrected chi connectivity index (χ3v) is 4.43. The molecule has 0 aromatic rings. The molecule has 0 atom stereocenters. The first-order valence-corrected chi connectivity index (χ1v) is 8.46. The summed E-state index contributed by atoms with van der Waals surface area (Å²) in [5.74, 6) is -0.271. The molecule has 1 saturated carbocycles. The Bertz CT molecular complexity index is 221. The maximum absolute atomic E-state index is 10.7. The van der Waals surface area contributed by atoms with Crippen LogP contribution in [-0.2, 0) is 4.79 Å². The summed E-state index contributed by atoms with van der Waals surface area (Å²) in [7, 11) is -1.04. The summed E-state index contributed by atoms with van der Waals surface area (Å²) >= 11 is 0. The molecule has 0 heterocycles. The fourth-order valence-electron chi connectivity index (χ4n) is 2.16. The molecule has 0 aromatic carbocycles. The first-order chi connectivity index (χ1) is 5.73. The lowest BCUT2D eigenvalue weighted by molar-refractivity contribution is -0.148. The van der Waals surface area contributed by atoms with E-state index in [1.807, 2.05) is 0 Å². The zero-order chi connectivity index (χ0) is 10.3. The maximum atomic E-state index is 10.7. The molecule has 3 N–H and O–H groups in total. The van der Waals surface area contributed by atoms with Crippen molar-refractivity contribution in [2.24, 2.45) is 11.7 Å². The van der Waals surface area contributed by atoms with E-state index in [2.05, 4.69) is 19.6 Å². The first kappa shape index (κ1) is 13.9. The van der Waals surface area contributed by atoms with E-state index < -0.39 is 19.6 Å². The number of carboxylic acid groups (broad SMARTS) is 1. The van der Waals surface area contributed by atoms with Gasteiger partial charge in [0.05, 0.1) is 0 Å². The highest BCUT2D eigenvalue weighted by Gasteiger charge is 2.47. The number of nitrogens with two attached hydrogens (primary N) is 1. The number of hydrogen-bond donors (Lipinski definition) is 2. The SMILES string of the molecule is C[Si](C)(C)CC1CC(N)(C(=O)O)C1.Cl. The summed E-state index contributed by atoms with van der Waals surface area (Å²) in [5.41, 5.74) is 4.77. The molecule has 0 bridgehead atoms. The largest absolute Gasteiger partial charge is 0.480 e. The highest BCUT2D eigenvalue weighted by Crippen LogP contribution is 2.40. The van der Waals surface area contributed by atoms with Crippen LogP contribution in [0.3, 0.4) is 0 Å². The van der Waals surface area contributed by atoms with Gasteiger partial charge in [0.15, 0.2) is 0 Å². The Kier molecular flexibility index (Phi) is 4.19. The van der Waals surface area contributed by atoms with E-state index in [1.165, 1.54) is 6.04 Å². The maximum Gasteiger partial charge on any atom is 0.323 e. The van der Waals surface area contributed by atoms with Gasteiger partial charge in [0.25, 0.3) is 0 Å². The number of carboxylic acids is 1. The van der Waals surface area contributed by atoms with E-state index in [-0.39, 0.29) is 12.4 Å². The fraction of sp³-hybridized carbons (Fsp3) is 0.889. The molecular formula is C9H20ClNO2Si. The molecule has 0 unspecified atom stereocenters. The summed E-state index contributed by atoms with van der Waals surface area (Å²) < 4.78 is 0. The Hall–Kier alpha value is -0.0631. The Morgan fingerprint density at radius 3 is 2.21 bits per heavy atom. The van der Waals surface area contributed by atoms with Crippen molar-refractivity contribution in [2.75, 3.05) is 0 Å². The van der Waals surface area contributed by atoms with Crippen LogP contribution in [0, 0.1) is 5.92 Å². The van der Waals surface area contributed by atoms with Crippen LogP contribution >= 0.6 is 12.4 Å². The van der Waals surface area contributed by atoms with E-state index in [0.29, 0.717) is 18.8 Å². The first-order valence-electron chi connectivity index (χ1n) is 4.75. The Morgan fingerprint density at radius 2 is 1.93 bits per heavy atom. The fourth-order valence-corrected chi connectivity index (χ4v) is 4.18. The monoisotopic (exact) mass is 237 g/mol. The third kappa shape index (κ3) is 3.26. The molecule has 1 fully saturated rings. The van der Waals surface area contributed by atoms with Crippen molar-refractivity contribution in [3.63, 3.8) is 0 Å². The molecule has 1 rings (SSSR count). The average Bonchev–Trinajstić information content (AvgIpc) is 1.79. The Labute approximate surface area is 92.5 Å². The van der Waals surface area contributed by atoms with Crippen LogP contribution in [0.25, 0.3) is 0 Å². The van der Waals surface area contributed by atoms with Gasteiger partial charge < -0.3 is 10.8 Å². The summed E-state index contributed by atoms with van der Waals surface area (Å²) in [5, 5.41) is 8.79. The molecule has 5 heteroatoms. The van der Waals surface area contributed by atoms with Gasteiger partial charge in [-0.25, -0.2) is 0 Å². The van der Waals surface area contributed by atoms with Gasteiger partial charge in [0.1, 0.15) is 5.54 Å². The number of rotatable bonds is 3. The molecule has 0 aromatic heterocycles. The number of aliphatic carboxylic acids is 1. The van der Waals surface area contributed by atoms with Gasteiger partial charge in [0.2, 0.25) is 0 Å². The second kappa shape index (κ2) is 4.21. The van der Waals surface area contributed by atoms with Gasteiger partial charge in [-0.2, -0.15) is 0 Å². The predicted octanol–water partition coefficient (Wildman–Crippen LogP) is 1.94. The second-order valence-electron chi connectivity index (χ2n) is 5.50. The minimum Gasteiger partial charge on any atom is -0.480 e. The number of hydrogen-bond acceptors (Lipinski definition) is 2. The van der Waals surface area contributed by atoms with Crippen molar-refractivity contribution in [1.29, 1.82) is 0 Å². The van der Waals surface area contributed by atoms with Crippen LogP contribution < -0.4 is 5.73 Å². The molecule has 0 spiro atoms. The van der Waals surface area contributed by atoms with Crippen molar-refractivity contribution >= 4 is 26.5 Å². The van der Waals surface area contributed by atoms with Crippen LogP contribution in [0.4, 0.5) is 0 Å². The van der Waals surface area contributed by atoms with E-state index in [0.717, 1.165) is 0 Å². The van der Waals surface area contributed by atoms with Gasteiger partial charge in [0, 0.05) is 8.07 Å². The Balaban J connectivity index is 0.00000169. The molecule has 3 nitrogen and oxygen atoms in total. The van der Waals surface area contributed by atoms with E-state index in [4.69, 9.17) is 10.8 Å². The third-order valence-electron chi connectivity index (χ3n) is 2.63. The van der Waals surface area contributed by atoms with Gasteiger partial charge in [-0.05, 0) is 18.8 Å². The van der Waals surface area contributed by atoms with Crippen LogP contribution in [0.1, 0.15) is 12.8 Å². The minimum absolute atomic E-state index is 0.